The number of primary amides is 1. The summed E-state index contributed by atoms with van der Waals surface area (Å²) in [6.07, 6.45) is 0.0407. The highest BCUT2D eigenvalue weighted by molar-refractivity contribution is 6.35. The minimum Gasteiger partial charge on any atom is -0.382 e. The molecule has 1 amide bonds. The summed E-state index contributed by atoms with van der Waals surface area (Å²) in [4.78, 5) is 20.8. The highest BCUT2D eigenvalue weighted by Crippen LogP contribution is 1.84. The summed E-state index contributed by atoms with van der Waals surface area (Å²) in [5.41, 5.74) is 4.71. The number of nitrogens with two attached hydrogens (primary N) is 1. The van der Waals surface area contributed by atoms with Crippen molar-refractivity contribution in [3.63, 3.8) is 0 Å². The van der Waals surface area contributed by atoms with Crippen molar-refractivity contribution in [1.82, 2.24) is 0 Å². The molecule has 0 spiro atoms. The molecule has 0 atom stereocenters. The molecule has 0 heterocycles. The Morgan fingerprint density at radius 2 is 1.71 bits per heavy atom. The molecule has 0 fully saturated rings. The van der Waals surface area contributed by atoms with Gasteiger partial charge < -0.3 is 15.2 Å². The Morgan fingerprint density at radius 3 is 2.14 bits per heavy atom. The van der Waals surface area contributed by atoms with Crippen LogP contribution in [0.1, 0.15) is 21.3 Å². The molecule has 0 aliphatic rings. The number of carbonyl (C=O) groups excluding carboxylic acids is 2. The van der Waals surface area contributed by atoms with Gasteiger partial charge in [0.05, 0.1) is 19.8 Å². The normalized spacial score (nSPS) is 8.36. The molecule has 0 aliphatic heterocycles. The Bertz CT molecular complexity index is 159. The van der Waals surface area contributed by atoms with Gasteiger partial charge in [-0.05, 0) is 0 Å². The van der Waals surface area contributed by atoms with Crippen molar-refractivity contribution in [2.75, 3.05) is 26.9 Å². The zero-order valence-electron chi connectivity index (χ0n) is 7.04. The SMILES string of the molecule is C.C.COCCOCCC(=O)C(N)=O. The van der Waals surface area contributed by atoms with E-state index in [-0.39, 0.29) is 27.9 Å². The first-order valence-electron chi connectivity index (χ1n) is 3.57. The molecule has 0 aromatic carbocycles. The van der Waals surface area contributed by atoms with Crippen molar-refractivity contribution >= 4 is 11.7 Å². The fourth-order valence-electron chi connectivity index (χ4n) is 0.532. The van der Waals surface area contributed by atoms with Crippen LogP contribution in [0, 0.1) is 0 Å². The number of methoxy groups -OCH3 is 1. The van der Waals surface area contributed by atoms with Crippen LogP contribution < -0.4 is 5.73 Å². The molecule has 5 heteroatoms. The van der Waals surface area contributed by atoms with Crippen LogP contribution in [-0.4, -0.2) is 38.6 Å². The number of rotatable bonds is 7. The molecule has 0 aliphatic carbocycles. The van der Waals surface area contributed by atoms with Crippen LogP contribution in [0.3, 0.4) is 0 Å². The van der Waals surface area contributed by atoms with E-state index in [1.54, 1.807) is 7.11 Å². The summed E-state index contributed by atoms with van der Waals surface area (Å²) >= 11 is 0. The van der Waals surface area contributed by atoms with Crippen molar-refractivity contribution in [2.24, 2.45) is 5.73 Å². The van der Waals surface area contributed by atoms with Gasteiger partial charge in [-0.15, -0.1) is 0 Å². The molecule has 0 rings (SSSR count). The maximum atomic E-state index is 10.6. The van der Waals surface area contributed by atoms with Gasteiger partial charge in [-0.1, -0.05) is 14.9 Å². The fraction of sp³-hybridized carbons (Fsp3) is 0.778. The summed E-state index contributed by atoms with van der Waals surface area (Å²) < 4.78 is 9.64. The molecule has 0 aromatic heterocycles. The third-order valence-electron chi connectivity index (χ3n) is 1.18. The first-order chi connectivity index (χ1) is 5.68. The minimum atomic E-state index is -0.912. The maximum Gasteiger partial charge on any atom is 0.284 e. The molecule has 0 aromatic rings. The topological polar surface area (TPSA) is 78.6 Å². The summed E-state index contributed by atoms with van der Waals surface area (Å²) in [6.45, 7) is 1.11. The number of Topliss-reactive ketones (excluding diaryl/α,β-unsaturated/α-hetero) is 1. The van der Waals surface area contributed by atoms with Gasteiger partial charge in [0, 0.05) is 13.5 Å². The lowest BCUT2D eigenvalue weighted by atomic mass is 10.3. The monoisotopic (exact) mass is 207 g/mol. The number of ketones is 1. The van der Waals surface area contributed by atoms with E-state index in [0.29, 0.717) is 13.2 Å². The number of amides is 1. The predicted molar refractivity (Wildman–Crippen MR) is 55.0 cm³/mol. The molecule has 0 bridgehead atoms. The van der Waals surface area contributed by atoms with Crippen LogP contribution in [0.4, 0.5) is 0 Å². The van der Waals surface area contributed by atoms with Gasteiger partial charge in [-0.25, -0.2) is 0 Å². The van der Waals surface area contributed by atoms with Gasteiger partial charge in [-0.2, -0.15) is 0 Å². The molecular formula is C9H21NO4. The van der Waals surface area contributed by atoms with E-state index in [1.807, 2.05) is 0 Å². The van der Waals surface area contributed by atoms with E-state index >= 15 is 0 Å². The molecule has 0 saturated heterocycles. The largest absolute Gasteiger partial charge is 0.382 e. The molecule has 5 nitrogen and oxygen atoms in total. The first-order valence-corrected chi connectivity index (χ1v) is 3.57. The fourth-order valence-corrected chi connectivity index (χ4v) is 0.532. The number of hydrogen-bond acceptors (Lipinski definition) is 4. The van der Waals surface area contributed by atoms with Gasteiger partial charge in [0.2, 0.25) is 5.78 Å². The smallest absolute Gasteiger partial charge is 0.284 e. The van der Waals surface area contributed by atoms with Crippen LogP contribution >= 0.6 is 0 Å². The van der Waals surface area contributed by atoms with Crippen LogP contribution in [0.15, 0.2) is 0 Å². The molecule has 0 saturated carbocycles. The lowest BCUT2D eigenvalue weighted by Gasteiger charge is -2.00. The Labute approximate surface area is 85.6 Å². The second-order valence-corrected chi connectivity index (χ2v) is 2.14. The molecule has 14 heavy (non-hydrogen) atoms. The van der Waals surface area contributed by atoms with Gasteiger partial charge in [-0.3, -0.25) is 9.59 Å². The van der Waals surface area contributed by atoms with Crippen molar-refractivity contribution < 1.29 is 19.1 Å². The lowest BCUT2D eigenvalue weighted by molar-refractivity contribution is -0.136. The highest BCUT2D eigenvalue weighted by Gasteiger charge is 2.07. The average molecular weight is 207 g/mol. The standard InChI is InChI=1S/C7H13NO4.2CH4/c1-11-4-5-12-3-2-6(9)7(8)10;;/h2-5H2,1H3,(H2,8,10);2*1H4. The molecular weight excluding hydrogens is 186 g/mol. The zero-order chi connectivity index (χ0) is 9.40. The molecule has 86 valence electrons. The van der Waals surface area contributed by atoms with E-state index < -0.39 is 11.7 Å². The Kier molecular flexibility index (Phi) is 16.2. The zero-order valence-corrected chi connectivity index (χ0v) is 7.04. The summed E-state index contributed by atoms with van der Waals surface area (Å²) in [5.74, 6) is -1.52. The number of ether oxygens (including phenoxy) is 2. The Balaban J connectivity index is -0.000000605. The van der Waals surface area contributed by atoms with Gasteiger partial charge in [0.1, 0.15) is 0 Å². The minimum absolute atomic E-state index is 0. The summed E-state index contributed by atoms with van der Waals surface area (Å²) in [7, 11) is 1.55. The average Bonchev–Trinajstić information content (AvgIpc) is 2.03. The second-order valence-electron chi connectivity index (χ2n) is 2.14. The molecule has 0 unspecified atom stereocenters. The quantitative estimate of drug-likeness (QED) is 0.483. The van der Waals surface area contributed by atoms with Crippen LogP contribution in [0.5, 0.6) is 0 Å². The predicted octanol–water partition coefficient (Wildman–Crippen LogP) is 0.366. The maximum absolute atomic E-state index is 10.6. The number of carbonyl (C=O) groups is 2. The van der Waals surface area contributed by atoms with Gasteiger partial charge >= 0.3 is 0 Å². The first kappa shape index (κ1) is 18.8. The van der Waals surface area contributed by atoms with Crippen molar-refractivity contribution in [2.45, 2.75) is 21.3 Å². The van der Waals surface area contributed by atoms with E-state index in [0.717, 1.165) is 0 Å². The van der Waals surface area contributed by atoms with Crippen LogP contribution in [0.25, 0.3) is 0 Å². The molecule has 0 radical (unpaired) electrons. The highest BCUT2D eigenvalue weighted by atomic mass is 16.5. The van der Waals surface area contributed by atoms with E-state index in [1.165, 1.54) is 0 Å². The van der Waals surface area contributed by atoms with Crippen molar-refractivity contribution in [3.8, 4) is 0 Å². The van der Waals surface area contributed by atoms with Crippen LogP contribution in [0.2, 0.25) is 0 Å². The third kappa shape index (κ3) is 11.1. The molecule has 2 N–H and O–H groups in total. The lowest BCUT2D eigenvalue weighted by Crippen LogP contribution is -2.24. The Morgan fingerprint density at radius 1 is 1.14 bits per heavy atom. The number of hydrogen-bond donors (Lipinski definition) is 1. The van der Waals surface area contributed by atoms with E-state index in [4.69, 9.17) is 15.2 Å². The third-order valence-corrected chi connectivity index (χ3v) is 1.18. The van der Waals surface area contributed by atoms with Gasteiger partial charge in [0.15, 0.2) is 0 Å². The summed E-state index contributed by atoms with van der Waals surface area (Å²) in [6, 6.07) is 0. The van der Waals surface area contributed by atoms with Crippen molar-refractivity contribution in [3.05, 3.63) is 0 Å². The van der Waals surface area contributed by atoms with Gasteiger partial charge in [0.25, 0.3) is 5.91 Å². The Hall–Kier alpha value is -0.940. The van der Waals surface area contributed by atoms with Crippen molar-refractivity contribution in [1.29, 1.82) is 0 Å². The van der Waals surface area contributed by atoms with E-state index in [2.05, 4.69) is 0 Å². The summed E-state index contributed by atoms with van der Waals surface area (Å²) in [5, 5.41) is 0. The second kappa shape index (κ2) is 12.1. The van der Waals surface area contributed by atoms with Crippen LogP contribution in [-0.2, 0) is 19.1 Å². The van der Waals surface area contributed by atoms with E-state index in [9.17, 15) is 9.59 Å².